The van der Waals surface area contributed by atoms with E-state index < -0.39 is 11.9 Å². The molecule has 0 aliphatic heterocycles. The van der Waals surface area contributed by atoms with E-state index in [1.807, 2.05) is 0 Å². The lowest BCUT2D eigenvalue weighted by atomic mass is 10.1. The van der Waals surface area contributed by atoms with Crippen LogP contribution >= 0.6 is 12.6 Å². The Morgan fingerprint density at radius 1 is 1.36 bits per heavy atom. The summed E-state index contributed by atoms with van der Waals surface area (Å²) in [5.74, 6) is -0.427. The number of hydrogen-bond acceptors (Lipinski definition) is 1. The smallest absolute Gasteiger partial charge is 0.205 e. The highest BCUT2D eigenvalue weighted by Gasteiger charge is 2.04. The number of thiol groups is 1. The third kappa shape index (κ3) is 3.10. The normalized spacial score (nSPS) is 10.0. The molecular weight excluding hydrogens is 209 g/mol. The maximum absolute atomic E-state index is 13.2. The van der Waals surface area contributed by atoms with E-state index >= 15 is 0 Å². The molecule has 0 unspecified atom stereocenters. The predicted molar refractivity (Wildman–Crippen MR) is 52.3 cm³/mol. The fraction of sp³-hybridized carbons (Fsp3) is 0.200. The summed E-state index contributed by atoms with van der Waals surface area (Å²) < 4.78 is 36.6. The summed E-state index contributed by atoms with van der Waals surface area (Å²) in [7, 11) is 0. The van der Waals surface area contributed by atoms with Gasteiger partial charge < -0.3 is 0 Å². The number of rotatable bonds is 3. The minimum atomic E-state index is -1.73. The van der Waals surface area contributed by atoms with E-state index in [2.05, 4.69) is 12.6 Å². The fourth-order valence-electron chi connectivity index (χ4n) is 1.10. The van der Waals surface area contributed by atoms with E-state index in [9.17, 15) is 13.2 Å². The Labute approximate surface area is 85.9 Å². The van der Waals surface area contributed by atoms with Crippen LogP contribution in [0, 0.1) is 5.82 Å². The van der Waals surface area contributed by atoms with Crippen molar-refractivity contribution >= 4 is 12.6 Å². The molecule has 0 heterocycles. The number of benzene rings is 1. The molecule has 0 aromatic heterocycles. The molecule has 0 aliphatic carbocycles. The second-order valence-electron chi connectivity index (χ2n) is 2.78. The van der Waals surface area contributed by atoms with Crippen LogP contribution in [0.25, 0.3) is 0 Å². The molecule has 0 radical (unpaired) electrons. The van der Waals surface area contributed by atoms with E-state index in [1.54, 1.807) is 12.1 Å². The molecule has 0 nitrogen and oxygen atoms in total. The quantitative estimate of drug-likeness (QED) is 0.732. The van der Waals surface area contributed by atoms with Crippen LogP contribution in [0.3, 0.4) is 0 Å². The molecule has 14 heavy (non-hydrogen) atoms. The van der Waals surface area contributed by atoms with Gasteiger partial charge in [-0.3, -0.25) is 0 Å². The van der Waals surface area contributed by atoms with Gasteiger partial charge in [0.05, 0.1) is 0 Å². The lowest BCUT2D eigenvalue weighted by Crippen LogP contribution is -1.90. The van der Waals surface area contributed by atoms with Crippen LogP contribution in [0.2, 0.25) is 0 Å². The average Bonchev–Trinajstić information content (AvgIpc) is 2.12. The fourth-order valence-corrected chi connectivity index (χ4v) is 1.33. The van der Waals surface area contributed by atoms with Crippen LogP contribution in [-0.4, -0.2) is 0 Å². The summed E-state index contributed by atoms with van der Waals surface area (Å²) in [6, 6.07) is 4.74. The molecule has 0 bridgehead atoms. The maximum Gasteiger partial charge on any atom is 0.266 e. The zero-order valence-corrected chi connectivity index (χ0v) is 8.20. The van der Waals surface area contributed by atoms with Gasteiger partial charge in [0.25, 0.3) is 6.08 Å². The molecule has 0 spiro atoms. The first-order valence-corrected chi connectivity index (χ1v) is 4.53. The molecule has 1 aromatic rings. The van der Waals surface area contributed by atoms with Crippen molar-refractivity contribution in [3.8, 4) is 0 Å². The van der Waals surface area contributed by atoms with Crippen molar-refractivity contribution in [3.63, 3.8) is 0 Å². The lowest BCUT2D eigenvalue weighted by Gasteiger charge is -2.02. The Kier molecular flexibility index (Phi) is 4.07. The second kappa shape index (κ2) is 5.10. The molecule has 4 heteroatoms. The van der Waals surface area contributed by atoms with E-state index in [0.29, 0.717) is 5.56 Å². The van der Waals surface area contributed by atoms with Gasteiger partial charge in [-0.2, -0.15) is 8.78 Å². The summed E-state index contributed by atoms with van der Waals surface area (Å²) in [5, 5.41) is 0. The molecule has 0 saturated heterocycles. The summed E-state index contributed by atoms with van der Waals surface area (Å²) in [6.45, 7) is 0. The summed E-state index contributed by atoms with van der Waals surface area (Å²) in [5.41, 5.74) is 0.412. The molecule has 0 atom stereocenters. The average molecular weight is 218 g/mol. The number of aryl methyl sites for hydroxylation is 1. The van der Waals surface area contributed by atoms with Gasteiger partial charge in [-0.25, -0.2) is 4.39 Å². The molecule has 0 amide bonds. The van der Waals surface area contributed by atoms with E-state index in [-0.39, 0.29) is 17.7 Å². The molecule has 1 aromatic carbocycles. The zero-order chi connectivity index (χ0) is 10.6. The topological polar surface area (TPSA) is 0 Å². The molecule has 76 valence electrons. The number of allylic oxidation sites excluding steroid dienone is 1. The Bertz CT molecular complexity index is 343. The molecule has 1 rings (SSSR count). The Morgan fingerprint density at radius 2 is 2.07 bits per heavy atom. The van der Waals surface area contributed by atoms with Crippen molar-refractivity contribution in [2.45, 2.75) is 17.7 Å². The maximum atomic E-state index is 13.2. The zero-order valence-electron chi connectivity index (χ0n) is 7.30. The monoisotopic (exact) mass is 218 g/mol. The van der Waals surface area contributed by atoms with Crippen LogP contribution < -0.4 is 0 Å². The predicted octanol–water partition coefficient (Wildman–Crippen LogP) is 3.83. The second-order valence-corrected chi connectivity index (χ2v) is 3.26. The highest BCUT2D eigenvalue weighted by atomic mass is 32.1. The first-order chi connectivity index (χ1) is 6.61. The van der Waals surface area contributed by atoms with E-state index in [1.165, 1.54) is 6.07 Å². The highest BCUT2D eigenvalue weighted by Crippen LogP contribution is 2.17. The summed E-state index contributed by atoms with van der Waals surface area (Å²) in [6.07, 6.45) is -0.550. The van der Waals surface area contributed by atoms with Gasteiger partial charge in [0, 0.05) is 4.90 Å². The van der Waals surface area contributed by atoms with Crippen molar-refractivity contribution < 1.29 is 13.2 Å². The van der Waals surface area contributed by atoms with Gasteiger partial charge in [-0.15, -0.1) is 12.6 Å². The first-order valence-electron chi connectivity index (χ1n) is 4.09. The van der Waals surface area contributed by atoms with E-state index in [0.717, 1.165) is 6.08 Å². The van der Waals surface area contributed by atoms with Crippen LogP contribution in [-0.2, 0) is 6.42 Å². The Morgan fingerprint density at radius 3 is 2.71 bits per heavy atom. The number of hydrogen-bond donors (Lipinski definition) is 1. The van der Waals surface area contributed by atoms with Crippen LogP contribution in [0.5, 0.6) is 0 Å². The van der Waals surface area contributed by atoms with Crippen molar-refractivity contribution in [2.24, 2.45) is 0 Å². The van der Waals surface area contributed by atoms with E-state index in [4.69, 9.17) is 0 Å². The highest BCUT2D eigenvalue weighted by molar-refractivity contribution is 7.80. The SMILES string of the molecule is FC(F)=CCCc1cccc(S)c1F. The molecule has 0 aliphatic rings. The van der Waals surface area contributed by atoms with Crippen LogP contribution in [0.15, 0.2) is 35.3 Å². The Hall–Kier alpha value is -0.900. The van der Waals surface area contributed by atoms with Gasteiger partial charge >= 0.3 is 0 Å². The third-order valence-electron chi connectivity index (χ3n) is 1.77. The molecule has 0 N–H and O–H groups in total. The van der Waals surface area contributed by atoms with Gasteiger partial charge in [-0.05, 0) is 30.5 Å². The standard InChI is InChI=1S/C10H9F3S/c11-9(12)6-2-4-7-3-1-5-8(14)10(7)13/h1,3,5-6,14H,2,4H2. The molecule has 0 saturated carbocycles. The third-order valence-corrected chi connectivity index (χ3v) is 2.12. The minimum Gasteiger partial charge on any atom is -0.205 e. The largest absolute Gasteiger partial charge is 0.266 e. The van der Waals surface area contributed by atoms with Gasteiger partial charge in [0.15, 0.2) is 0 Å². The lowest BCUT2D eigenvalue weighted by molar-refractivity contribution is 0.417. The van der Waals surface area contributed by atoms with Gasteiger partial charge in [0.1, 0.15) is 5.82 Å². The van der Waals surface area contributed by atoms with Gasteiger partial charge in [0.2, 0.25) is 0 Å². The first kappa shape index (κ1) is 11.2. The van der Waals surface area contributed by atoms with Crippen molar-refractivity contribution in [1.29, 1.82) is 0 Å². The number of halogens is 3. The Balaban J connectivity index is 2.68. The summed E-state index contributed by atoms with van der Waals surface area (Å²) >= 11 is 3.89. The van der Waals surface area contributed by atoms with Crippen LogP contribution in [0.1, 0.15) is 12.0 Å². The minimum absolute atomic E-state index is 0.135. The molecular formula is C10H9F3S. The van der Waals surface area contributed by atoms with Crippen molar-refractivity contribution in [2.75, 3.05) is 0 Å². The van der Waals surface area contributed by atoms with Crippen LogP contribution in [0.4, 0.5) is 13.2 Å². The molecule has 0 fully saturated rings. The van der Waals surface area contributed by atoms with Crippen molar-refractivity contribution in [3.05, 3.63) is 41.7 Å². The summed E-state index contributed by atoms with van der Waals surface area (Å²) in [4.78, 5) is 0.243. The van der Waals surface area contributed by atoms with Crippen molar-refractivity contribution in [1.82, 2.24) is 0 Å². The van der Waals surface area contributed by atoms with Gasteiger partial charge in [-0.1, -0.05) is 12.1 Å².